The molecule has 0 fully saturated rings. The third-order valence-electron chi connectivity index (χ3n) is 6.95. The Morgan fingerprint density at radius 2 is 0.976 bits per heavy atom. The van der Waals surface area contributed by atoms with Crippen molar-refractivity contribution in [2.24, 2.45) is 22.3 Å². The Kier molecular flexibility index (Phi) is 11.3. The maximum Gasteiger partial charge on any atom is 0.418 e. The number of carbonyl (C=O) groups is 4. The summed E-state index contributed by atoms with van der Waals surface area (Å²) < 4.78 is 38.3. The van der Waals surface area contributed by atoms with E-state index < -0.39 is 70.3 Å². The number of rotatable bonds is 12. The van der Waals surface area contributed by atoms with E-state index in [1.54, 1.807) is 0 Å². The van der Waals surface area contributed by atoms with E-state index in [1.807, 2.05) is 0 Å². The zero-order valence-electron chi connectivity index (χ0n) is 23.9. The molecule has 2 aromatic rings. The minimum atomic E-state index is -1.50. The Bertz CT molecular complexity index is 1280. The van der Waals surface area contributed by atoms with Crippen LogP contribution >= 0.6 is 0 Å². The minimum Gasteiger partial charge on any atom is -0.448 e. The SMILES string of the molecule is C#CC(N)CC(=O)C(C)(C)C(OC(=O)C(=O)OC(c1ccc(F)cc1)C(C)(C)C(=O)CC(N)C#C)c1ccc(F)cc1. The Labute approximate surface area is 244 Å². The van der Waals surface area contributed by atoms with Gasteiger partial charge in [-0.05, 0) is 63.1 Å². The maximum atomic E-state index is 13.7. The lowest BCUT2D eigenvalue weighted by Crippen LogP contribution is -2.40. The van der Waals surface area contributed by atoms with Crippen LogP contribution in [0.15, 0.2) is 48.5 Å². The van der Waals surface area contributed by atoms with E-state index in [1.165, 1.54) is 52.0 Å². The molecule has 222 valence electrons. The molecule has 2 rings (SSSR count). The molecule has 0 saturated carbocycles. The highest BCUT2D eigenvalue weighted by molar-refractivity contribution is 6.29. The molecule has 0 saturated heterocycles. The summed E-state index contributed by atoms with van der Waals surface area (Å²) in [5.41, 5.74) is 8.96. The molecule has 42 heavy (non-hydrogen) atoms. The third-order valence-corrected chi connectivity index (χ3v) is 6.95. The minimum absolute atomic E-state index is 0.207. The lowest BCUT2D eigenvalue weighted by molar-refractivity contribution is -0.183. The van der Waals surface area contributed by atoms with E-state index >= 15 is 0 Å². The van der Waals surface area contributed by atoms with E-state index in [-0.39, 0.29) is 24.0 Å². The van der Waals surface area contributed by atoms with Gasteiger partial charge in [0.2, 0.25) is 0 Å². The quantitative estimate of drug-likeness (QED) is 0.220. The molecule has 0 radical (unpaired) electrons. The molecule has 8 nitrogen and oxygen atoms in total. The Morgan fingerprint density at radius 3 is 1.24 bits per heavy atom. The van der Waals surface area contributed by atoms with Crippen molar-refractivity contribution in [3.8, 4) is 24.7 Å². The van der Waals surface area contributed by atoms with Crippen LogP contribution in [0, 0.1) is 47.2 Å². The predicted molar refractivity (Wildman–Crippen MR) is 151 cm³/mol. The van der Waals surface area contributed by atoms with Gasteiger partial charge in [0.1, 0.15) is 35.4 Å². The summed E-state index contributed by atoms with van der Waals surface area (Å²) in [6, 6.07) is 7.77. The summed E-state index contributed by atoms with van der Waals surface area (Å²) in [6.07, 6.45) is 7.32. The first kappa shape index (κ1) is 33.8. The van der Waals surface area contributed by atoms with Crippen molar-refractivity contribution >= 4 is 23.5 Å². The van der Waals surface area contributed by atoms with Crippen molar-refractivity contribution in [2.75, 3.05) is 0 Å². The van der Waals surface area contributed by atoms with E-state index in [9.17, 15) is 28.0 Å². The van der Waals surface area contributed by atoms with Gasteiger partial charge < -0.3 is 20.9 Å². The number of ether oxygens (including phenoxy) is 2. The number of ketones is 2. The molecule has 4 unspecified atom stereocenters. The highest BCUT2D eigenvalue weighted by atomic mass is 19.1. The van der Waals surface area contributed by atoms with Gasteiger partial charge in [0.25, 0.3) is 0 Å². The Morgan fingerprint density at radius 1 is 0.690 bits per heavy atom. The second-order valence-electron chi connectivity index (χ2n) is 10.9. The molecule has 4 atom stereocenters. The molecule has 0 aliphatic carbocycles. The lowest BCUT2D eigenvalue weighted by atomic mass is 9.76. The Hall–Kier alpha value is -4.38. The van der Waals surface area contributed by atoms with Gasteiger partial charge in [-0.3, -0.25) is 9.59 Å². The molecule has 4 N–H and O–H groups in total. The van der Waals surface area contributed by atoms with Crippen LogP contribution in [-0.2, 0) is 28.7 Å². The van der Waals surface area contributed by atoms with Crippen LogP contribution in [0.4, 0.5) is 8.78 Å². The molecule has 0 heterocycles. The van der Waals surface area contributed by atoms with Crippen molar-refractivity contribution in [1.82, 2.24) is 0 Å². The number of hydrogen-bond acceptors (Lipinski definition) is 8. The van der Waals surface area contributed by atoms with Crippen molar-refractivity contribution in [3.63, 3.8) is 0 Å². The molecule has 0 aromatic heterocycles. The molecule has 0 amide bonds. The number of terminal acetylenes is 2. The average molecular weight is 581 g/mol. The molecule has 0 spiro atoms. The van der Waals surface area contributed by atoms with Gasteiger partial charge in [-0.15, -0.1) is 12.8 Å². The maximum absolute atomic E-state index is 13.7. The summed E-state index contributed by atoms with van der Waals surface area (Å²) in [6.45, 7) is 5.85. The lowest BCUT2D eigenvalue weighted by Gasteiger charge is -2.34. The number of halogens is 2. The van der Waals surface area contributed by atoms with E-state index in [2.05, 4.69) is 11.8 Å². The third kappa shape index (κ3) is 8.32. The molecule has 0 aliphatic rings. The van der Waals surface area contributed by atoms with Crippen LogP contribution < -0.4 is 11.5 Å². The average Bonchev–Trinajstić information content (AvgIpc) is 2.94. The Balaban J connectivity index is 2.44. The van der Waals surface area contributed by atoms with Gasteiger partial charge >= 0.3 is 11.9 Å². The standard InChI is InChI=1S/C32H34F2N2O6/c1-7-23(35)17-25(37)31(3,4)27(19-9-13-21(33)14-10-19)41-29(39)30(40)42-28(20-11-15-22(34)16-12-20)32(5,6)26(38)18-24(36)8-2/h1-2,9-16,23-24,27-28H,17-18,35-36H2,3-6H3. The molecule has 0 aliphatic heterocycles. The zero-order valence-corrected chi connectivity index (χ0v) is 23.9. The predicted octanol–water partition coefficient (Wildman–Crippen LogP) is 3.73. The summed E-state index contributed by atoms with van der Waals surface area (Å²) in [5, 5.41) is 0. The van der Waals surface area contributed by atoms with E-state index in [0.717, 1.165) is 24.3 Å². The van der Waals surface area contributed by atoms with Crippen LogP contribution in [0.25, 0.3) is 0 Å². The molecular formula is C32H34F2N2O6. The fourth-order valence-corrected chi connectivity index (χ4v) is 4.19. The normalized spacial score (nSPS) is 14.3. The van der Waals surface area contributed by atoms with Gasteiger partial charge in [-0.25, -0.2) is 18.4 Å². The van der Waals surface area contributed by atoms with Gasteiger partial charge in [-0.2, -0.15) is 0 Å². The number of esters is 2. The fourth-order valence-electron chi connectivity index (χ4n) is 4.19. The second-order valence-corrected chi connectivity index (χ2v) is 10.9. The topological polar surface area (TPSA) is 139 Å². The monoisotopic (exact) mass is 580 g/mol. The molecule has 0 bridgehead atoms. The number of hydrogen-bond donors (Lipinski definition) is 2. The number of nitrogens with two attached hydrogens (primary N) is 2. The number of Topliss-reactive ketones (excluding diaryl/α,β-unsaturated/α-hetero) is 2. The van der Waals surface area contributed by atoms with Gasteiger partial charge in [0, 0.05) is 12.8 Å². The van der Waals surface area contributed by atoms with Crippen LogP contribution in [0.1, 0.15) is 63.9 Å². The largest absolute Gasteiger partial charge is 0.448 e. The van der Waals surface area contributed by atoms with Crippen molar-refractivity contribution in [1.29, 1.82) is 0 Å². The van der Waals surface area contributed by atoms with Crippen molar-refractivity contribution in [3.05, 3.63) is 71.3 Å². The summed E-state index contributed by atoms with van der Waals surface area (Å²) in [7, 11) is 0. The van der Waals surface area contributed by atoms with E-state index in [0.29, 0.717) is 0 Å². The van der Waals surface area contributed by atoms with Crippen LogP contribution in [0.3, 0.4) is 0 Å². The number of carbonyl (C=O) groups excluding carboxylic acids is 4. The van der Waals surface area contributed by atoms with Crippen LogP contribution in [0.2, 0.25) is 0 Å². The van der Waals surface area contributed by atoms with E-state index in [4.69, 9.17) is 33.8 Å². The molecular weight excluding hydrogens is 546 g/mol. The first-order valence-electron chi connectivity index (χ1n) is 13.0. The van der Waals surface area contributed by atoms with Gasteiger partial charge in [0.05, 0.1) is 22.9 Å². The first-order chi connectivity index (χ1) is 19.5. The zero-order chi connectivity index (χ0) is 31.8. The fraction of sp³-hybridized carbons (Fsp3) is 0.375. The highest BCUT2D eigenvalue weighted by Gasteiger charge is 2.44. The highest BCUT2D eigenvalue weighted by Crippen LogP contribution is 2.41. The van der Waals surface area contributed by atoms with Crippen LogP contribution in [-0.4, -0.2) is 35.6 Å². The second kappa shape index (κ2) is 14.0. The molecule has 10 heteroatoms. The first-order valence-corrected chi connectivity index (χ1v) is 13.0. The smallest absolute Gasteiger partial charge is 0.418 e. The van der Waals surface area contributed by atoms with Crippen molar-refractivity contribution in [2.45, 2.75) is 64.8 Å². The van der Waals surface area contributed by atoms with Crippen LogP contribution in [0.5, 0.6) is 0 Å². The van der Waals surface area contributed by atoms with Gasteiger partial charge in [0.15, 0.2) is 0 Å². The number of benzene rings is 2. The summed E-state index contributed by atoms with van der Waals surface area (Å²) in [5.74, 6) is -0.630. The van der Waals surface area contributed by atoms with Crippen molar-refractivity contribution < 1.29 is 37.4 Å². The summed E-state index contributed by atoms with van der Waals surface area (Å²) in [4.78, 5) is 52.6. The molecule has 2 aromatic carbocycles. The van der Waals surface area contributed by atoms with Gasteiger partial charge in [-0.1, -0.05) is 36.1 Å². The summed E-state index contributed by atoms with van der Waals surface area (Å²) >= 11 is 0.